The molecule has 0 aromatic carbocycles. The van der Waals surface area contributed by atoms with Crippen molar-refractivity contribution in [1.29, 1.82) is 0 Å². The number of carbonyl (C=O) groups excluding carboxylic acids is 2. The van der Waals surface area contributed by atoms with Crippen LogP contribution in [0.15, 0.2) is 122 Å². The maximum Gasteiger partial charge on any atom is 0.472 e. The summed E-state index contributed by atoms with van der Waals surface area (Å²) in [6.07, 6.45) is 42.7. The molecule has 0 amide bonds. The molecule has 0 bridgehead atoms. The average Bonchev–Trinajstić information content (AvgIpc) is 3.29. The number of rotatable bonds is 36. The summed E-state index contributed by atoms with van der Waals surface area (Å²) in [6.45, 7) is 2.94. The topological polar surface area (TPSA) is 210 Å². The van der Waals surface area contributed by atoms with Crippen LogP contribution in [0, 0.1) is 0 Å². The third-order valence-corrected chi connectivity index (χ3v) is 10.9. The molecule has 0 spiro atoms. The summed E-state index contributed by atoms with van der Waals surface area (Å²) >= 11 is 0. The van der Waals surface area contributed by atoms with E-state index in [-0.39, 0.29) is 12.8 Å². The second-order valence-electron chi connectivity index (χ2n) is 15.6. The summed E-state index contributed by atoms with van der Waals surface area (Å²) in [5.41, 5.74) is 0. The molecule has 0 aromatic heterocycles. The fraction of sp³-hybridized carbons (Fsp3) is 0.569. The smallest absolute Gasteiger partial charge is 0.462 e. The lowest BCUT2D eigenvalue weighted by molar-refractivity contribution is -0.220. The summed E-state index contributed by atoms with van der Waals surface area (Å²) in [7, 11) is -5.15. The Hall–Kier alpha value is -3.75. The Bertz CT molecular complexity index is 1590. The van der Waals surface area contributed by atoms with E-state index in [0.29, 0.717) is 19.3 Å². The molecule has 0 aliphatic heterocycles. The van der Waals surface area contributed by atoms with Gasteiger partial charge in [0.05, 0.1) is 6.61 Å². The van der Waals surface area contributed by atoms with Crippen molar-refractivity contribution in [3.05, 3.63) is 122 Å². The molecule has 1 aliphatic carbocycles. The van der Waals surface area contributed by atoms with Gasteiger partial charge in [-0.2, -0.15) is 0 Å². The number of unbranched alkanes of at least 4 members (excludes halogenated alkanes) is 8. The summed E-state index contributed by atoms with van der Waals surface area (Å²) in [6, 6.07) is 0. The zero-order chi connectivity index (χ0) is 47.8. The van der Waals surface area contributed by atoms with E-state index in [1.54, 1.807) is 0 Å². The van der Waals surface area contributed by atoms with Gasteiger partial charge in [0.2, 0.25) is 0 Å². The van der Waals surface area contributed by atoms with Gasteiger partial charge in [0, 0.05) is 12.8 Å². The molecule has 1 rings (SSSR count). The first-order valence-corrected chi connectivity index (χ1v) is 24.9. The third-order valence-electron chi connectivity index (χ3n) is 9.93. The summed E-state index contributed by atoms with van der Waals surface area (Å²) in [5.74, 6) is -1.21. The van der Waals surface area contributed by atoms with Crippen molar-refractivity contribution < 1.29 is 63.1 Å². The quantitative estimate of drug-likeness (QED) is 0.0114. The number of phosphoric acid groups is 1. The maximum atomic E-state index is 12.8. The molecule has 0 aromatic rings. The number of carbonyl (C=O) groups is 2. The molecule has 1 saturated carbocycles. The number of hydrogen-bond donors (Lipinski definition) is 6. The van der Waals surface area contributed by atoms with Gasteiger partial charge >= 0.3 is 19.8 Å². The second kappa shape index (κ2) is 39.4. The average molecular weight is 931 g/mol. The molecule has 65 heavy (non-hydrogen) atoms. The van der Waals surface area contributed by atoms with Crippen molar-refractivity contribution >= 4 is 19.8 Å². The van der Waals surface area contributed by atoms with Gasteiger partial charge in [0.25, 0.3) is 0 Å². The van der Waals surface area contributed by atoms with Crippen molar-refractivity contribution in [2.75, 3.05) is 13.2 Å². The number of ether oxygens (including phenoxy) is 2. The van der Waals surface area contributed by atoms with Gasteiger partial charge in [-0.05, 0) is 70.6 Å². The van der Waals surface area contributed by atoms with Crippen LogP contribution in [0.2, 0.25) is 0 Å². The molecule has 14 heteroatoms. The van der Waals surface area contributed by atoms with Crippen molar-refractivity contribution in [2.24, 2.45) is 0 Å². The fourth-order valence-electron chi connectivity index (χ4n) is 6.22. The van der Waals surface area contributed by atoms with Crippen molar-refractivity contribution in [2.45, 2.75) is 172 Å². The highest BCUT2D eigenvalue weighted by Gasteiger charge is 2.51. The Balaban J connectivity index is 2.46. The first kappa shape index (κ1) is 59.3. The molecule has 13 nitrogen and oxygen atoms in total. The predicted octanol–water partition coefficient (Wildman–Crippen LogP) is 9.39. The predicted molar refractivity (Wildman–Crippen MR) is 257 cm³/mol. The van der Waals surface area contributed by atoms with E-state index in [0.717, 1.165) is 83.5 Å². The van der Waals surface area contributed by atoms with E-state index in [9.17, 15) is 44.6 Å². The summed E-state index contributed by atoms with van der Waals surface area (Å²) in [4.78, 5) is 35.7. The number of esters is 2. The Morgan fingerprint density at radius 2 is 0.923 bits per heavy atom. The lowest BCUT2D eigenvalue weighted by Gasteiger charge is -2.41. The van der Waals surface area contributed by atoms with Crippen molar-refractivity contribution in [1.82, 2.24) is 0 Å². The minimum atomic E-state index is -5.15. The standard InChI is InChI=1S/C51H79O13P/c1-3-5-7-9-11-13-15-17-18-19-20-21-22-23-24-25-26-28-29-31-33-35-37-39-44(52)61-41-43(42-62-65(59,60)64-51-49(57)47(55)46(54)48(56)50(51)58)63-45(53)40-38-36-34-32-30-27-16-14-12-10-8-6-4-2/h5-8,10-14,16-18,20-21,23-24,27,30,32,34,43,46-51,54-58H,3-4,9,15,19,22,25-26,28-29,31,33,35-42H2,1-2H3,(H,59,60)/b7-5+,8-6+,12-10+,13-11+,16-14+,18-17+,21-20+,24-23+,30-27+,34-32+/t43?,46?,47-,48?,49?,50?,51?/m0/s1. The maximum absolute atomic E-state index is 12.8. The lowest BCUT2D eigenvalue weighted by atomic mass is 9.85. The van der Waals surface area contributed by atoms with Crippen LogP contribution in [0.4, 0.5) is 0 Å². The number of phosphoric ester groups is 1. The largest absolute Gasteiger partial charge is 0.472 e. The van der Waals surface area contributed by atoms with Gasteiger partial charge in [0.15, 0.2) is 6.10 Å². The molecule has 0 radical (unpaired) electrons. The van der Waals surface area contributed by atoms with Crippen LogP contribution in [0.1, 0.15) is 129 Å². The van der Waals surface area contributed by atoms with E-state index < -0.39 is 75.7 Å². The third kappa shape index (κ3) is 31.7. The molecule has 8 atom stereocenters. The molecular weight excluding hydrogens is 852 g/mol. The minimum absolute atomic E-state index is 0.0102. The molecule has 0 heterocycles. The summed E-state index contributed by atoms with van der Waals surface area (Å²) < 4.78 is 33.4. The Morgan fingerprint density at radius 3 is 1.48 bits per heavy atom. The monoisotopic (exact) mass is 931 g/mol. The van der Waals surface area contributed by atoms with E-state index in [1.165, 1.54) is 0 Å². The van der Waals surface area contributed by atoms with Gasteiger partial charge in [-0.1, -0.05) is 167 Å². The number of aliphatic hydroxyl groups excluding tert-OH is 5. The Morgan fingerprint density at radius 1 is 0.492 bits per heavy atom. The highest BCUT2D eigenvalue weighted by Crippen LogP contribution is 2.47. The van der Waals surface area contributed by atoms with E-state index in [4.69, 9.17) is 18.5 Å². The van der Waals surface area contributed by atoms with Crippen LogP contribution in [0.5, 0.6) is 0 Å². The van der Waals surface area contributed by atoms with Gasteiger partial charge < -0.3 is 39.9 Å². The first-order chi connectivity index (χ1) is 31.4. The van der Waals surface area contributed by atoms with Crippen LogP contribution in [0.25, 0.3) is 0 Å². The molecule has 7 unspecified atom stereocenters. The second-order valence-corrected chi connectivity index (χ2v) is 17.0. The van der Waals surface area contributed by atoms with Crippen molar-refractivity contribution in [3.8, 4) is 0 Å². The van der Waals surface area contributed by atoms with Gasteiger partial charge in [0.1, 0.15) is 43.2 Å². The van der Waals surface area contributed by atoms with Crippen LogP contribution < -0.4 is 0 Å². The van der Waals surface area contributed by atoms with E-state index in [1.807, 2.05) is 54.7 Å². The van der Waals surface area contributed by atoms with E-state index in [2.05, 4.69) is 80.7 Å². The SMILES string of the molecule is CC/C=C/C=C/C=C/C=C/C=C/CCCC(=O)OC(COC(=O)CCCCCCCCC/C=C/C/C=C/C/C=C/C/C=C/C/C=C/CC)COP(=O)(O)OC1C(O)C(O)C(O)[C@H](O)C1O. The van der Waals surface area contributed by atoms with Gasteiger partial charge in [-0.15, -0.1) is 0 Å². The van der Waals surface area contributed by atoms with Crippen LogP contribution in [-0.4, -0.2) is 98.3 Å². The number of aliphatic hydroxyl groups is 5. The zero-order valence-electron chi connectivity index (χ0n) is 38.7. The molecule has 1 fully saturated rings. The Labute approximate surface area is 388 Å². The zero-order valence-corrected chi connectivity index (χ0v) is 39.6. The highest BCUT2D eigenvalue weighted by atomic mass is 31.2. The minimum Gasteiger partial charge on any atom is -0.462 e. The van der Waals surface area contributed by atoms with Gasteiger partial charge in [-0.3, -0.25) is 18.6 Å². The van der Waals surface area contributed by atoms with Crippen LogP contribution in [-0.2, 0) is 32.7 Å². The molecule has 6 N–H and O–H groups in total. The molecular formula is C51H79O13P. The van der Waals surface area contributed by atoms with Gasteiger partial charge in [-0.25, -0.2) is 4.57 Å². The fourth-order valence-corrected chi connectivity index (χ4v) is 7.20. The number of hydrogen-bond acceptors (Lipinski definition) is 12. The molecule has 0 saturated heterocycles. The van der Waals surface area contributed by atoms with Crippen LogP contribution in [0.3, 0.4) is 0 Å². The Kier molecular flexibility index (Phi) is 35.9. The normalized spacial score (nSPS) is 22.5. The summed E-state index contributed by atoms with van der Waals surface area (Å²) in [5, 5.41) is 50.1. The highest BCUT2D eigenvalue weighted by molar-refractivity contribution is 7.47. The molecule has 366 valence electrons. The van der Waals surface area contributed by atoms with E-state index >= 15 is 0 Å². The molecule has 1 aliphatic rings. The lowest BCUT2D eigenvalue weighted by Crippen LogP contribution is -2.64. The number of allylic oxidation sites excluding steroid dienone is 20. The first-order valence-electron chi connectivity index (χ1n) is 23.4. The van der Waals surface area contributed by atoms with Crippen LogP contribution >= 0.6 is 7.82 Å². The van der Waals surface area contributed by atoms with Crippen molar-refractivity contribution in [3.63, 3.8) is 0 Å².